The van der Waals surface area contributed by atoms with Crippen molar-refractivity contribution in [1.29, 1.82) is 0 Å². The number of fused-ring (bicyclic) bond motifs is 1. The number of H-pyrrole nitrogens is 2. The number of alkyl halides is 3. The number of aliphatic carboxylic acids is 1. The first-order valence-electron chi connectivity index (χ1n) is 20.6. The van der Waals surface area contributed by atoms with Gasteiger partial charge in [0.2, 0.25) is 11.8 Å². The summed E-state index contributed by atoms with van der Waals surface area (Å²) in [4.78, 5) is 89.8. The van der Waals surface area contributed by atoms with Crippen LogP contribution >= 0.6 is 0 Å². The highest BCUT2D eigenvalue weighted by Crippen LogP contribution is 2.35. The van der Waals surface area contributed by atoms with E-state index in [9.17, 15) is 37.5 Å². The number of carboxylic acids is 1. The summed E-state index contributed by atoms with van der Waals surface area (Å²) in [5, 5.41) is 19.3. The minimum absolute atomic E-state index is 0.0144. The number of likely N-dealkylation sites (tertiary alicyclic amines) is 2. The van der Waals surface area contributed by atoms with Crippen LogP contribution in [0.25, 0.3) is 44.8 Å². The lowest BCUT2D eigenvalue weighted by atomic mass is 10.0. The fourth-order valence-corrected chi connectivity index (χ4v) is 8.00. The number of nitrogens with one attached hydrogen (secondary N) is 3. The molecule has 0 saturated carbocycles. The lowest BCUT2D eigenvalue weighted by molar-refractivity contribution is -0.192. The van der Waals surface area contributed by atoms with Crippen molar-refractivity contribution < 1.29 is 56.8 Å². The maximum atomic E-state index is 13.6. The van der Waals surface area contributed by atoms with E-state index in [1.54, 1.807) is 28.4 Å². The first-order chi connectivity index (χ1) is 30.9. The Morgan fingerprint density at radius 2 is 1.35 bits per heavy atom. The summed E-state index contributed by atoms with van der Waals surface area (Å²) in [6, 6.07) is 11.5. The lowest BCUT2D eigenvalue weighted by Crippen LogP contribution is -2.51. The van der Waals surface area contributed by atoms with E-state index >= 15 is 0 Å². The molecule has 346 valence electrons. The molecule has 3 aromatic heterocycles. The van der Waals surface area contributed by atoms with Crippen molar-refractivity contribution in [1.82, 2.24) is 49.9 Å². The van der Waals surface area contributed by atoms with Gasteiger partial charge in [0.15, 0.2) is 0 Å². The molecule has 0 aliphatic carbocycles. The Morgan fingerprint density at radius 3 is 1.88 bits per heavy atom. The van der Waals surface area contributed by atoms with E-state index in [-0.39, 0.29) is 36.4 Å². The molecule has 5 aromatic rings. The Labute approximate surface area is 370 Å². The van der Waals surface area contributed by atoms with Crippen molar-refractivity contribution in [3.05, 3.63) is 72.7 Å². The van der Waals surface area contributed by atoms with Gasteiger partial charge in [-0.1, -0.05) is 44.2 Å². The number of ether oxygens (including phenoxy) is 2. The van der Waals surface area contributed by atoms with Crippen LogP contribution in [0.4, 0.5) is 22.8 Å². The molecule has 0 bridgehead atoms. The average Bonchev–Trinajstić information content (AvgIpc) is 4.13. The second-order valence-corrected chi connectivity index (χ2v) is 15.8. The molecule has 4 atom stereocenters. The maximum absolute atomic E-state index is 13.6. The van der Waals surface area contributed by atoms with Gasteiger partial charge in [0.25, 0.3) is 0 Å². The van der Waals surface area contributed by atoms with E-state index in [0.29, 0.717) is 35.9 Å². The summed E-state index contributed by atoms with van der Waals surface area (Å²) >= 11 is 0. The summed E-state index contributed by atoms with van der Waals surface area (Å²) in [6.07, 6.45) is 1.39. The molecule has 2 fully saturated rings. The zero-order valence-corrected chi connectivity index (χ0v) is 36.1. The fraction of sp³-hybridized carbons (Fsp3) is 0.419. The maximum Gasteiger partial charge on any atom is 0.490 e. The van der Waals surface area contributed by atoms with Gasteiger partial charge in [-0.2, -0.15) is 13.2 Å². The van der Waals surface area contributed by atoms with E-state index in [1.165, 1.54) is 21.3 Å². The van der Waals surface area contributed by atoms with Crippen molar-refractivity contribution >= 4 is 41.0 Å². The SMILES string of the molecule is COC[C@H](NC(=O)OC)C(=O)N1CCC[C@H]1c1ncc(-c2ccc3nc(-c4ccc(-c5cnc([C@@H]6CCCN6C(=O)[C@H](C(C)C)N(C)C(=O)O)[nH]5)cc4)cnc3c2)[nH]1.O=C(O)C(F)(F)F. The normalized spacial score (nSPS) is 17.1. The number of nitrogens with zero attached hydrogens (tertiary/aromatic N) is 7. The molecule has 2 aliphatic heterocycles. The van der Waals surface area contributed by atoms with Gasteiger partial charge in [-0.15, -0.1) is 0 Å². The molecular formula is C43H49F3N10O9. The number of alkyl carbamates (subject to hydrolysis) is 1. The smallest absolute Gasteiger partial charge is 0.475 e. The number of likely N-dealkylation sites (N-methyl/N-ethyl adjacent to an activating group) is 1. The van der Waals surface area contributed by atoms with Crippen LogP contribution in [-0.4, -0.2) is 144 Å². The van der Waals surface area contributed by atoms with Gasteiger partial charge in [0.1, 0.15) is 23.7 Å². The second-order valence-electron chi connectivity index (χ2n) is 15.8. The molecule has 5 N–H and O–H groups in total. The van der Waals surface area contributed by atoms with E-state index in [4.69, 9.17) is 29.3 Å². The number of carboxylic acid groups (broad SMARTS) is 2. The third-order valence-electron chi connectivity index (χ3n) is 11.2. The zero-order chi connectivity index (χ0) is 47.2. The van der Waals surface area contributed by atoms with Crippen molar-refractivity contribution in [2.75, 3.05) is 41.0 Å². The van der Waals surface area contributed by atoms with Crippen molar-refractivity contribution in [2.45, 2.75) is 69.9 Å². The minimum atomic E-state index is -5.08. The minimum Gasteiger partial charge on any atom is -0.475 e. The Bertz CT molecular complexity index is 2510. The number of methoxy groups -OCH3 is 2. The first kappa shape index (κ1) is 47.4. The number of amides is 4. The van der Waals surface area contributed by atoms with Gasteiger partial charge >= 0.3 is 24.3 Å². The van der Waals surface area contributed by atoms with Crippen LogP contribution in [0.5, 0.6) is 0 Å². The van der Waals surface area contributed by atoms with E-state index < -0.39 is 36.4 Å². The molecule has 5 heterocycles. The lowest BCUT2D eigenvalue weighted by Gasteiger charge is -2.33. The molecule has 7 rings (SSSR count). The molecule has 19 nitrogen and oxygen atoms in total. The van der Waals surface area contributed by atoms with Crippen LogP contribution < -0.4 is 5.32 Å². The van der Waals surface area contributed by atoms with Crippen LogP contribution in [0, 0.1) is 5.92 Å². The van der Waals surface area contributed by atoms with Crippen LogP contribution in [-0.2, 0) is 23.9 Å². The molecule has 22 heteroatoms. The van der Waals surface area contributed by atoms with Gasteiger partial charge < -0.3 is 44.8 Å². The van der Waals surface area contributed by atoms with Gasteiger partial charge in [-0.3, -0.25) is 19.5 Å². The monoisotopic (exact) mass is 906 g/mol. The van der Waals surface area contributed by atoms with E-state index in [2.05, 4.69) is 25.3 Å². The number of benzene rings is 2. The molecule has 4 amide bonds. The number of aromatic nitrogens is 6. The summed E-state index contributed by atoms with van der Waals surface area (Å²) in [7, 11) is 4.16. The fourth-order valence-electron chi connectivity index (χ4n) is 8.00. The molecule has 0 radical (unpaired) electrons. The van der Waals surface area contributed by atoms with Crippen molar-refractivity contribution in [3.8, 4) is 33.8 Å². The number of imidazole rings is 2. The molecule has 0 spiro atoms. The van der Waals surface area contributed by atoms with Crippen LogP contribution in [0.2, 0.25) is 0 Å². The predicted octanol–water partition coefficient (Wildman–Crippen LogP) is 6.04. The highest BCUT2D eigenvalue weighted by atomic mass is 19.4. The van der Waals surface area contributed by atoms with E-state index in [0.717, 1.165) is 64.2 Å². The number of carbonyl (C=O) groups is 5. The largest absolute Gasteiger partial charge is 0.490 e. The van der Waals surface area contributed by atoms with Crippen molar-refractivity contribution in [3.63, 3.8) is 0 Å². The highest BCUT2D eigenvalue weighted by molar-refractivity contribution is 5.87. The van der Waals surface area contributed by atoms with Gasteiger partial charge in [-0.05, 0) is 49.3 Å². The molecular weight excluding hydrogens is 858 g/mol. The average molecular weight is 907 g/mol. The zero-order valence-electron chi connectivity index (χ0n) is 36.1. The number of hydrogen-bond acceptors (Lipinski definition) is 11. The topological polar surface area (TPSA) is 249 Å². The Hall–Kier alpha value is -7.10. The van der Waals surface area contributed by atoms with Gasteiger partial charge in [0, 0.05) is 38.4 Å². The molecule has 2 aromatic carbocycles. The number of halogens is 3. The molecule has 0 unspecified atom stereocenters. The van der Waals surface area contributed by atoms with E-state index in [1.807, 2.05) is 56.3 Å². The van der Waals surface area contributed by atoms with Crippen LogP contribution in [0.15, 0.2) is 61.1 Å². The Morgan fingerprint density at radius 1 is 0.815 bits per heavy atom. The summed E-state index contributed by atoms with van der Waals surface area (Å²) in [5.41, 5.74) is 6.41. The third kappa shape index (κ3) is 10.8. The Kier molecular flexibility index (Phi) is 14.7. The first-order valence-corrected chi connectivity index (χ1v) is 20.6. The highest BCUT2D eigenvalue weighted by Gasteiger charge is 2.40. The summed E-state index contributed by atoms with van der Waals surface area (Å²) in [5.74, 6) is -2.08. The predicted molar refractivity (Wildman–Crippen MR) is 227 cm³/mol. The summed E-state index contributed by atoms with van der Waals surface area (Å²) in [6.45, 7) is 4.80. The standard InChI is InChI=1S/C41H48N10O7.C2HF3O2/c1-23(2)35(49(3)41(55)56)39(53)51-17-7-9-34(51)37-43-20-30(46-37)25-12-10-24(11-13-25)29-19-42-28-18-26(14-15-27(28)45-29)31-21-44-36(47-31)33-8-6-16-50(33)38(52)32(22-57-4)48-40(54)58-5;3-2(4,5)1(6)7/h10-15,18-21,23,32-35H,6-9,16-17,22H2,1-5H3,(H,43,46)(H,44,47)(H,48,54)(H,55,56);(H,6,7)/t32-,33-,34-,35-;/m0./s1. The van der Waals surface area contributed by atoms with Gasteiger partial charge in [-0.25, -0.2) is 29.3 Å². The number of carbonyl (C=O) groups excluding carboxylic acids is 3. The Balaban J connectivity index is 0.000000925. The van der Waals surface area contributed by atoms with Crippen molar-refractivity contribution in [2.24, 2.45) is 5.92 Å². The van der Waals surface area contributed by atoms with Crippen LogP contribution in [0.3, 0.4) is 0 Å². The molecule has 2 aliphatic rings. The quantitative estimate of drug-likeness (QED) is 0.0959. The summed E-state index contributed by atoms with van der Waals surface area (Å²) < 4.78 is 41.6. The number of hydrogen-bond donors (Lipinski definition) is 5. The number of aromatic amines is 2. The van der Waals surface area contributed by atoms with Gasteiger partial charge in [0.05, 0.1) is 72.5 Å². The number of rotatable bonds is 12. The van der Waals surface area contributed by atoms with Crippen LogP contribution in [0.1, 0.15) is 63.3 Å². The molecule has 2 saturated heterocycles. The second kappa shape index (κ2) is 20.2. The third-order valence-corrected chi connectivity index (χ3v) is 11.2. The molecule has 65 heavy (non-hydrogen) atoms.